The fraction of sp³-hybridized carbons (Fsp3) is 0.316. The molecule has 0 spiro atoms. The van der Waals surface area contributed by atoms with E-state index in [4.69, 9.17) is 9.47 Å². The van der Waals surface area contributed by atoms with Crippen molar-refractivity contribution >= 4 is 16.1 Å². The Kier molecular flexibility index (Phi) is 7.48. The van der Waals surface area contributed by atoms with Crippen LogP contribution in [-0.4, -0.2) is 27.7 Å². The minimum Gasteiger partial charge on any atom is -0.494 e. The predicted molar refractivity (Wildman–Crippen MR) is 102 cm³/mol. The highest BCUT2D eigenvalue weighted by atomic mass is 32.2. The maximum absolute atomic E-state index is 12.3. The average molecular weight is 392 g/mol. The van der Waals surface area contributed by atoms with E-state index in [0.29, 0.717) is 19.0 Å². The Labute approximate surface area is 159 Å². The molecule has 0 fully saturated rings. The highest BCUT2D eigenvalue weighted by Crippen LogP contribution is 2.16. The van der Waals surface area contributed by atoms with Gasteiger partial charge in [-0.3, -0.25) is 0 Å². The van der Waals surface area contributed by atoms with Crippen molar-refractivity contribution in [3.63, 3.8) is 0 Å². The second-order valence-corrected chi connectivity index (χ2v) is 7.37. The summed E-state index contributed by atoms with van der Waals surface area (Å²) >= 11 is 0. The molecule has 27 heavy (non-hydrogen) atoms. The molecule has 0 heterocycles. The van der Waals surface area contributed by atoms with Gasteiger partial charge in [-0.2, -0.15) is 0 Å². The molecule has 8 heteroatoms. The highest BCUT2D eigenvalue weighted by Gasteiger charge is 2.17. The van der Waals surface area contributed by atoms with Crippen molar-refractivity contribution in [2.24, 2.45) is 0 Å². The van der Waals surface area contributed by atoms with Gasteiger partial charge in [-0.1, -0.05) is 19.1 Å². The van der Waals surface area contributed by atoms with E-state index in [1.165, 1.54) is 12.1 Å². The van der Waals surface area contributed by atoms with Crippen molar-refractivity contribution < 1.29 is 22.7 Å². The van der Waals surface area contributed by atoms with Gasteiger partial charge in [0.1, 0.15) is 11.5 Å². The molecule has 0 aliphatic heterocycles. The van der Waals surface area contributed by atoms with E-state index in [1.807, 2.05) is 18.6 Å². The first-order valence-electron chi connectivity index (χ1n) is 8.70. The Morgan fingerprint density at radius 3 is 2.11 bits per heavy atom. The number of rotatable bonds is 9. The summed E-state index contributed by atoms with van der Waals surface area (Å²) < 4.78 is 37.3. The van der Waals surface area contributed by atoms with Gasteiger partial charge in [0.2, 0.25) is 0 Å². The first kappa shape index (κ1) is 20.6. The molecule has 7 nitrogen and oxygen atoms in total. The van der Waals surface area contributed by atoms with Crippen LogP contribution in [0.25, 0.3) is 0 Å². The Morgan fingerprint density at radius 2 is 1.52 bits per heavy atom. The lowest BCUT2D eigenvalue weighted by molar-refractivity contribution is 0.245. The van der Waals surface area contributed by atoms with Gasteiger partial charge in [0.15, 0.2) is 0 Å². The van der Waals surface area contributed by atoms with Gasteiger partial charge in [-0.15, -0.1) is 0 Å². The van der Waals surface area contributed by atoms with E-state index < -0.39 is 16.1 Å². The van der Waals surface area contributed by atoms with Crippen molar-refractivity contribution in [3.05, 3.63) is 54.1 Å². The summed E-state index contributed by atoms with van der Waals surface area (Å²) in [7, 11) is -3.95. The predicted octanol–water partition coefficient (Wildman–Crippen LogP) is 3.06. The molecule has 2 amide bonds. The molecule has 0 aromatic heterocycles. The van der Waals surface area contributed by atoms with Crippen LogP contribution < -0.4 is 19.5 Å². The molecule has 0 saturated heterocycles. The molecule has 0 unspecified atom stereocenters. The van der Waals surface area contributed by atoms with Crippen molar-refractivity contribution in [1.29, 1.82) is 0 Å². The molecule has 2 N–H and O–H groups in total. The van der Waals surface area contributed by atoms with Gasteiger partial charge in [-0.25, -0.2) is 17.9 Å². The Hall–Kier alpha value is -2.74. The maximum atomic E-state index is 12.3. The summed E-state index contributed by atoms with van der Waals surface area (Å²) in [5, 5.41) is 2.52. The SMILES string of the molecule is CCCOc1ccc(S(=O)(=O)NC(=O)NCc2ccc(OCC)cc2)cc1. The zero-order chi connectivity index (χ0) is 19.7. The standard InChI is InChI=1S/C19H24N2O5S/c1-3-13-26-17-9-11-18(12-10-17)27(23,24)21-19(22)20-14-15-5-7-16(8-6-15)25-4-2/h5-12H,3-4,13-14H2,1-2H3,(H2,20,21,22). The summed E-state index contributed by atoms with van der Waals surface area (Å²) in [5.74, 6) is 1.32. The molecule has 146 valence electrons. The van der Waals surface area contributed by atoms with Gasteiger partial charge in [0.05, 0.1) is 18.1 Å². The second kappa shape index (κ2) is 9.82. The molecule has 2 aromatic carbocycles. The normalized spacial score (nSPS) is 10.9. The molecule has 0 atom stereocenters. The number of nitrogens with one attached hydrogen (secondary N) is 2. The lowest BCUT2D eigenvalue weighted by Crippen LogP contribution is -2.39. The fourth-order valence-electron chi connectivity index (χ4n) is 2.20. The van der Waals surface area contributed by atoms with Crippen LogP contribution in [0.5, 0.6) is 11.5 Å². The Morgan fingerprint density at radius 1 is 0.926 bits per heavy atom. The van der Waals surface area contributed by atoms with Crippen LogP contribution in [-0.2, 0) is 16.6 Å². The summed E-state index contributed by atoms with van der Waals surface area (Å²) in [6, 6.07) is 12.3. The number of hydrogen-bond donors (Lipinski definition) is 2. The summed E-state index contributed by atoms with van der Waals surface area (Å²) in [5.41, 5.74) is 0.823. The molecule has 0 aliphatic carbocycles. The zero-order valence-electron chi connectivity index (χ0n) is 15.4. The first-order chi connectivity index (χ1) is 12.9. The topological polar surface area (TPSA) is 93.7 Å². The van der Waals surface area contributed by atoms with Crippen molar-refractivity contribution in [1.82, 2.24) is 10.0 Å². The van der Waals surface area contributed by atoms with Gasteiger partial charge < -0.3 is 14.8 Å². The number of hydrogen-bond acceptors (Lipinski definition) is 5. The molecule has 2 aromatic rings. The Bertz CT molecular complexity index is 833. The monoisotopic (exact) mass is 392 g/mol. The lowest BCUT2D eigenvalue weighted by Gasteiger charge is -2.10. The minimum atomic E-state index is -3.95. The molecular weight excluding hydrogens is 368 g/mol. The third kappa shape index (κ3) is 6.49. The van der Waals surface area contributed by atoms with Crippen molar-refractivity contribution in [2.75, 3.05) is 13.2 Å². The average Bonchev–Trinajstić information content (AvgIpc) is 2.66. The van der Waals surface area contributed by atoms with Crippen LogP contribution in [0.15, 0.2) is 53.4 Å². The van der Waals surface area contributed by atoms with E-state index in [9.17, 15) is 13.2 Å². The van der Waals surface area contributed by atoms with Crippen molar-refractivity contribution in [3.8, 4) is 11.5 Å². The lowest BCUT2D eigenvalue weighted by atomic mass is 10.2. The summed E-state index contributed by atoms with van der Waals surface area (Å²) in [6.07, 6.45) is 0.857. The fourth-order valence-corrected chi connectivity index (χ4v) is 3.13. The van der Waals surface area contributed by atoms with Crippen LogP contribution in [0.4, 0.5) is 4.79 Å². The first-order valence-corrected chi connectivity index (χ1v) is 10.2. The van der Waals surface area contributed by atoms with E-state index in [0.717, 1.165) is 17.7 Å². The molecule has 0 aliphatic rings. The number of urea groups is 1. The molecule has 0 radical (unpaired) electrons. The van der Waals surface area contributed by atoms with Crippen LogP contribution in [0, 0.1) is 0 Å². The minimum absolute atomic E-state index is 0.0115. The molecule has 2 rings (SSSR count). The quantitative estimate of drug-likeness (QED) is 0.684. The molecule has 0 saturated carbocycles. The van der Waals surface area contributed by atoms with E-state index in [1.54, 1.807) is 36.4 Å². The number of carbonyl (C=O) groups excluding carboxylic acids is 1. The van der Waals surface area contributed by atoms with E-state index in [-0.39, 0.29) is 11.4 Å². The zero-order valence-corrected chi connectivity index (χ0v) is 16.2. The summed E-state index contributed by atoms with van der Waals surface area (Å²) in [6.45, 7) is 5.19. The summed E-state index contributed by atoms with van der Waals surface area (Å²) in [4.78, 5) is 11.9. The number of carbonyl (C=O) groups is 1. The van der Waals surface area contributed by atoms with E-state index in [2.05, 4.69) is 5.32 Å². The Balaban J connectivity index is 1.89. The number of ether oxygens (including phenoxy) is 2. The van der Waals surface area contributed by atoms with Crippen LogP contribution in [0.2, 0.25) is 0 Å². The van der Waals surface area contributed by atoms with Gasteiger partial charge in [0.25, 0.3) is 10.0 Å². The smallest absolute Gasteiger partial charge is 0.328 e. The van der Waals surface area contributed by atoms with Crippen LogP contribution in [0.1, 0.15) is 25.8 Å². The van der Waals surface area contributed by atoms with E-state index >= 15 is 0 Å². The third-order valence-electron chi connectivity index (χ3n) is 3.52. The van der Waals surface area contributed by atoms with Crippen LogP contribution in [0.3, 0.4) is 0 Å². The number of amides is 2. The van der Waals surface area contributed by atoms with Gasteiger partial charge in [-0.05, 0) is 55.3 Å². The van der Waals surface area contributed by atoms with Crippen molar-refractivity contribution in [2.45, 2.75) is 31.7 Å². The second-order valence-electron chi connectivity index (χ2n) is 5.69. The molecule has 0 bridgehead atoms. The van der Waals surface area contributed by atoms with Gasteiger partial charge in [0, 0.05) is 6.54 Å². The number of sulfonamides is 1. The van der Waals surface area contributed by atoms with Gasteiger partial charge >= 0.3 is 6.03 Å². The number of benzene rings is 2. The molecular formula is C19H24N2O5S. The third-order valence-corrected chi connectivity index (χ3v) is 4.87. The maximum Gasteiger partial charge on any atom is 0.328 e. The highest BCUT2D eigenvalue weighted by molar-refractivity contribution is 7.90. The largest absolute Gasteiger partial charge is 0.494 e. The van der Waals surface area contributed by atoms with Crippen LogP contribution >= 0.6 is 0 Å².